The van der Waals surface area contributed by atoms with Gasteiger partial charge in [-0.25, -0.2) is 9.37 Å². The van der Waals surface area contributed by atoms with Gasteiger partial charge in [-0.05, 0) is 49.1 Å². The molecule has 168 valence electrons. The Bertz CT molecular complexity index is 1050. The van der Waals surface area contributed by atoms with Crippen molar-refractivity contribution in [2.75, 3.05) is 19.8 Å². The predicted molar refractivity (Wildman–Crippen MR) is 123 cm³/mol. The van der Waals surface area contributed by atoms with E-state index in [9.17, 15) is 9.18 Å². The van der Waals surface area contributed by atoms with Gasteiger partial charge >= 0.3 is 0 Å². The van der Waals surface area contributed by atoms with Gasteiger partial charge in [0.05, 0.1) is 17.7 Å². The molecule has 1 atom stereocenters. The number of benzene rings is 2. The van der Waals surface area contributed by atoms with E-state index in [0.29, 0.717) is 43.1 Å². The number of carbonyl (C=O) groups excluding carboxylic acids is 1. The molecule has 0 spiro atoms. The van der Waals surface area contributed by atoms with E-state index in [1.54, 1.807) is 12.1 Å². The number of thiazole rings is 1. The fourth-order valence-corrected chi connectivity index (χ4v) is 4.40. The van der Waals surface area contributed by atoms with Crippen LogP contribution in [0.4, 0.5) is 4.39 Å². The van der Waals surface area contributed by atoms with E-state index >= 15 is 0 Å². The summed E-state index contributed by atoms with van der Waals surface area (Å²) in [6, 6.07) is 14.4. The normalized spacial score (nSPS) is 15.6. The van der Waals surface area contributed by atoms with Crippen LogP contribution in [0, 0.1) is 12.7 Å². The maximum atomic E-state index is 13.8. The van der Waals surface area contributed by atoms with Crippen LogP contribution in [0.15, 0.2) is 53.9 Å². The molecular weight excluding hydrogens is 427 g/mol. The summed E-state index contributed by atoms with van der Waals surface area (Å²) >= 11 is 1.47. The predicted octanol–water partition coefficient (Wildman–Crippen LogP) is 5.03. The molecule has 1 saturated heterocycles. The minimum absolute atomic E-state index is 0.0545. The van der Waals surface area contributed by atoms with E-state index in [4.69, 9.17) is 9.47 Å². The average molecular weight is 455 g/mol. The number of hydrogen-bond donors (Lipinski definition) is 0. The largest absolute Gasteiger partial charge is 0.493 e. The Balaban J connectivity index is 1.42. The first-order valence-corrected chi connectivity index (χ1v) is 11.7. The molecule has 1 aliphatic heterocycles. The zero-order valence-electron chi connectivity index (χ0n) is 18.1. The lowest BCUT2D eigenvalue weighted by molar-refractivity contribution is 0.0503. The summed E-state index contributed by atoms with van der Waals surface area (Å²) in [6.45, 7) is 4.00. The van der Waals surface area contributed by atoms with Gasteiger partial charge in [0.1, 0.15) is 17.3 Å². The van der Waals surface area contributed by atoms with Crippen molar-refractivity contribution in [1.29, 1.82) is 0 Å². The molecule has 5 nitrogen and oxygen atoms in total. The Kier molecular flexibility index (Phi) is 7.50. The minimum atomic E-state index is -0.217. The highest BCUT2D eigenvalue weighted by molar-refractivity contribution is 7.09. The van der Waals surface area contributed by atoms with Gasteiger partial charge < -0.3 is 14.4 Å². The first kappa shape index (κ1) is 22.4. The van der Waals surface area contributed by atoms with Crippen molar-refractivity contribution in [3.05, 3.63) is 81.6 Å². The first-order valence-electron chi connectivity index (χ1n) is 10.9. The van der Waals surface area contributed by atoms with Crippen LogP contribution < -0.4 is 4.74 Å². The van der Waals surface area contributed by atoms with Crippen molar-refractivity contribution in [2.24, 2.45) is 0 Å². The molecule has 1 amide bonds. The highest BCUT2D eigenvalue weighted by atomic mass is 32.1. The quantitative estimate of drug-likeness (QED) is 0.455. The number of nitrogens with zero attached hydrogens (tertiary/aromatic N) is 2. The summed E-state index contributed by atoms with van der Waals surface area (Å²) in [4.78, 5) is 19.3. The SMILES string of the molecule is Cc1nc(C(=O)N(Cc2cccc(OCCc3ccccc3F)c2)CC2CCCO2)cs1. The Morgan fingerprint density at radius 1 is 1.28 bits per heavy atom. The third-order valence-corrected chi connectivity index (χ3v) is 6.22. The summed E-state index contributed by atoms with van der Waals surface area (Å²) in [6.07, 6.45) is 2.52. The Hall–Kier alpha value is -2.77. The third kappa shape index (κ3) is 5.93. The lowest BCUT2D eigenvalue weighted by Gasteiger charge is -2.25. The van der Waals surface area contributed by atoms with Crippen molar-refractivity contribution in [3.63, 3.8) is 0 Å². The van der Waals surface area contributed by atoms with Crippen molar-refractivity contribution in [2.45, 2.75) is 38.8 Å². The number of rotatable bonds is 9. The zero-order valence-corrected chi connectivity index (χ0v) is 18.9. The van der Waals surface area contributed by atoms with E-state index in [1.807, 2.05) is 47.5 Å². The van der Waals surface area contributed by atoms with Crippen LogP contribution in [-0.2, 0) is 17.7 Å². The Labute approximate surface area is 191 Å². The molecule has 1 fully saturated rings. The van der Waals surface area contributed by atoms with Crippen LogP contribution in [0.5, 0.6) is 5.75 Å². The smallest absolute Gasteiger partial charge is 0.273 e. The molecular formula is C25H27FN2O3S. The molecule has 2 heterocycles. The van der Waals surface area contributed by atoms with Crippen molar-refractivity contribution in [3.8, 4) is 5.75 Å². The fraction of sp³-hybridized carbons (Fsp3) is 0.360. The van der Waals surface area contributed by atoms with E-state index in [-0.39, 0.29) is 17.8 Å². The topological polar surface area (TPSA) is 51.7 Å². The van der Waals surface area contributed by atoms with Gasteiger partial charge in [0.25, 0.3) is 5.91 Å². The molecule has 0 bridgehead atoms. The molecule has 1 aliphatic rings. The van der Waals surface area contributed by atoms with Crippen molar-refractivity contribution < 1.29 is 18.7 Å². The molecule has 32 heavy (non-hydrogen) atoms. The molecule has 0 N–H and O–H groups in total. The molecule has 1 aromatic heterocycles. The van der Waals surface area contributed by atoms with Gasteiger partial charge in [0.2, 0.25) is 0 Å². The van der Waals surface area contributed by atoms with Crippen molar-refractivity contribution >= 4 is 17.2 Å². The number of ether oxygens (including phenoxy) is 2. The lowest BCUT2D eigenvalue weighted by Crippen LogP contribution is -2.37. The number of aromatic nitrogens is 1. The summed E-state index contributed by atoms with van der Waals surface area (Å²) < 4.78 is 25.4. The highest BCUT2D eigenvalue weighted by Gasteiger charge is 2.25. The van der Waals surface area contributed by atoms with Gasteiger partial charge in [-0.2, -0.15) is 0 Å². The number of amides is 1. The second-order valence-electron chi connectivity index (χ2n) is 7.91. The van der Waals surface area contributed by atoms with Crippen LogP contribution >= 0.6 is 11.3 Å². The zero-order chi connectivity index (χ0) is 22.3. The molecule has 4 rings (SSSR count). The maximum absolute atomic E-state index is 13.8. The number of carbonyl (C=O) groups is 1. The van der Waals surface area contributed by atoms with Crippen LogP contribution in [0.2, 0.25) is 0 Å². The summed E-state index contributed by atoms with van der Waals surface area (Å²) in [7, 11) is 0. The Morgan fingerprint density at radius 2 is 2.16 bits per heavy atom. The van der Waals surface area contributed by atoms with E-state index in [2.05, 4.69) is 4.98 Å². The molecule has 7 heteroatoms. The molecule has 2 aromatic carbocycles. The summed E-state index contributed by atoms with van der Waals surface area (Å²) in [5.41, 5.74) is 2.07. The van der Waals surface area contributed by atoms with Gasteiger partial charge in [0.15, 0.2) is 0 Å². The van der Waals surface area contributed by atoms with Gasteiger partial charge in [-0.15, -0.1) is 11.3 Å². The number of hydrogen-bond acceptors (Lipinski definition) is 5. The van der Waals surface area contributed by atoms with Gasteiger partial charge in [0, 0.05) is 31.5 Å². The highest BCUT2D eigenvalue weighted by Crippen LogP contribution is 2.21. The number of aryl methyl sites for hydroxylation is 1. The second-order valence-corrected chi connectivity index (χ2v) is 8.97. The molecule has 0 aliphatic carbocycles. The Morgan fingerprint density at radius 3 is 2.91 bits per heavy atom. The molecule has 3 aromatic rings. The monoisotopic (exact) mass is 454 g/mol. The summed E-state index contributed by atoms with van der Waals surface area (Å²) in [5.74, 6) is 0.397. The van der Waals surface area contributed by atoms with E-state index in [1.165, 1.54) is 17.4 Å². The molecule has 0 saturated carbocycles. The minimum Gasteiger partial charge on any atom is -0.493 e. The summed E-state index contributed by atoms with van der Waals surface area (Å²) in [5, 5.41) is 2.68. The van der Waals surface area contributed by atoms with Gasteiger partial charge in [-0.3, -0.25) is 4.79 Å². The van der Waals surface area contributed by atoms with Crippen molar-refractivity contribution in [1.82, 2.24) is 9.88 Å². The molecule has 0 radical (unpaired) electrons. The van der Waals surface area contributed by atoms with Crippen LogP contribution in [-0.4, -0.2) is 41.7 Å². The van der Waals surface area contributed by atoms with Crippen LogP contribution in [0.1, 0.15) is 39.5 Å². The number of halogens is 1. The van der Waals surface area contributed by atoms with Crippen LogP contribution in [0.25, 0.3) is 0 Å². The standard InChI is InChI=1S/C25H27FN2O3S/c1-18-27-24(17-32-18)25(29)28(16-22-9-5-12-30-22)15-19-6-4-8-21(14-19)31-13-11-20-7-2-3-10-23(20)26/h2-4,6-8,10,14,17,22H,5,9,11-13,15-16H2,1H3. The average Bonchev–Trinajstić information content (AvgIpc) is 3.46. The fourth-order valence-electron chi connectivity index (χ4n) is 3.81. The molecule has 1 unspecified atom stereocenters. The van der Waals surface area contributed by atoms with Gasteiger partial charge in [-0.1, -0.05) is 30.3 Å². The first-order chi connectivity index (χ1) is 15.6. The van der Waals surface area contributed by atoms with E-state index < -0.39 is 0 Å². The third-order valence-electron chi connectivity index (χ3n) is 5.44. The maximum Gasteiger partial charge on any atom is 0.273 e. The second kappa shape index (κ2) is 10.7. The lowest BCUT2D eigenvalue weighted by atomic mass is 10.1. The van der Waals surface area contributed by atoms with E-state index in [0.717, 1.165) is 30.0 Å². The van der Waals surface area contributed by atoms with Crippen LogP contribution in [0.3, 0.4) is 0 Å².